The number of aliphatic hydroxyl groups excluding tert-OH is 1. The summed E-state index contributed by atoms with van der Waals surface area (Å²) in [6.07, 6.45) is -0.650. The normalized spacial score (nSPS) is 13.0. The molecule has 1 heterocycles. The molecule has 0 unspecified atom stereocenters. The first kappa shape index (κ1) is 8.01. The van der Waals surface area contributed by atoms with Gasteiger partial charge < -0.3 is 9.52 Å². The van der Waals surface area contributed by atoms with Crippen molar-refractivity contribution in [2.45, 2.75) is 20.0 Å². The molecule has 0 fully saturated rings. The average Bonchev–Trinajstić information content (AvgIpc) is 2.33. The maximum absolute atomic E-state index is 10.7. The topological polar surface area (TPSA) is 50.4 Å². The van der Waals surface area contributed by atoms with E-state index in [9.17, 15) is 4.79 Å². The smallest absolute Gasteiger partial charge is 0.194 e. The first-order chi connectivity index (χ1) is 5.11. The number of carbonyl (C=O) groups is 1. The van der Waals surface area contributed by atoms with Crippen LogP contribution in [0.2, 0.25) is 0 Å². The highest BCUT2D eigenvalue weighted by molar-refractivity contribution is 5.91. The van der Waals surface area contributed by atoms with Gasteiger partial charge in [0, 0.05) is 6.92 Å². The summed E-state index contributed by atoms with van der Waals surface area (Å²) in [7, 11) is 0. The van der Waals surface area contributed by atoms with Gasteiger partial charge in [0.05, 0.1) is 0 Å². The Morgan fingerprint density at radius 1 is 1.64 bits per heavy atom. The zero-order valence-corrected chi connectivity index (χ0v) is 6.50. The second-order valence-corrected chi connectivity index (χ2v) is 2.43. The van der Waals surface area contributed by atoms with Crippen molar-refractivity contribution >= 4 is 5.78 Å². The van der Waals surface area contributed by atoms with Gasteiger partial charge >= 0.3 is 0 Å². The van der Waals surface area contributed by atoms with Gasteiger partial charge in [-0.15, -0.1) is 0 Å². The summed E-state index contributed by atoms with van der Waals surface area (Å²) in [4.78, 5) is 10.7. The molecule has 0 aliphatic rings. The predicted octanol–water partition coefficient (Wildman–Crippen LogP) is 1.54. The van der Waals surface area contributed by atoms with Crippen LogP contribution in [0.15, 0.2) is 16.5 Å². The summed E-state index contributed by atoms with van der Waals surface area (Å²) in [6.45, 7) is 3.01. The molecule has 60 valence electrons. The van der Waals surface area contributed by atoms with Crippen molar-refractivity contribution in [1.29, 1.82) is 0 Å². The van der Waals surface area contributed by atoms with Gasteiger partial charge in [-0.25, -0.2) is 0 Å². The van der Waals surface area contributed by atoms with Gasteiger partial charge in [-0.05, 0) is 19.1 Å². The van der Waals surface area contributed by atoms with Crippen LogP contribution in [-0.2, 0) is 0 Å². The van der Waals surface area contributed by atoms with E-state index in [-0.39, 0.29) is 5.78 Å². The van der Waals surface area contributed by atoms with Crippen molar-refractivity contribution in [2.24, 2.45) is 0 Å². The van der Waals surface area contributed by atoms with Crippen LogP contribution in [0.25, 0.3) is 0 Å². The van der Waals surface area contributed by atoms with E-state index in [1.165, 1.54) is 6.92 Å². The second kappa shape index (κ2) is 2.88. The van der Waals surface area contributed by atoms with Crippen molar-refractivity contribution in [1.82, 2.24) is 0 Å². The maximum Gasteiger partial charge on any atom is 0.194 e. The van der Waals surface area contributed by atoms with Gasteiger partial charge in [0.25, 0.3) is 0 Å². The van der Waals surface area contributed by atoms with E-state index < -0.39 is 6.10 Å². The molecule has 1 aromatic heterocycles. The standard InChI is InChI=1S/C8H10O3/c1-5(9)7-3-4-8(11-7)6(2)10/h3-5,9H,1-2H3/t5-/m0/s1. The lowest BCUT2D eigenvalue weighted by Crippen LogP contribution is -1.89. The van der Waals surface area contributed by atoms with Crippen molar-refractivity contribution in [3.63, 3.8) is 0 Å². The average molecular weight is 154 g/mol. The van der Waals surface area contributed by atoms with Gasteiger partial charge in [-0.1, -0.05) is 0 Å². The molecule has 0 aliphatic carbocycles. The van der Waals surface area contributed by atoms with Crippen molar-refractivity contribution < 1.29 is 14.3 Å². The molecule has 0 radical (unpaired) electrons. The molecule has 3 heteroatoms. The Labute approximate surface area is 64.6 Å². The minimum absolute atomic E-state index is 0.128. The Bertz CT molecular complexity index is 260. The number of Topliss-reactive ketones (excluding diaryl/α,β-unsaturated/α-hetero) is 1. The molecule has 3 nitrogen and oxygen atoms in total. The third-order valence-electron chi connectivity index (χ3n) is 1.39. The largest absolute Gasteiger partial charge is 0.455 e. The number of hydrogen-bond acceptors (Lipinski definition) is 3. The number of hydrogen-bond donors (Lipinski definition) is 1. The van der Waals surface area contributed by atoms with E-state index in [0.29, 0.717) is 11.5 Å². The predicted molar refractivity (Wildman–Crippen MR) is 39.3 cm³/mol. The minimum atomic E-state index is -0.650. The molecule has 0 aromatic carbocycles. The Morgan fingerprint density at radius 3 is 2.55 bits per heavy atom. The molecule has 0 aliphatic heterocycles. The van der Waals surface area contributed by atoms with E-state index in [1.54, 1.807) is 19.1 Å². The Kier molecular flexibility index (Phi) is 2.10. The molecule has 1 aromatic rings. The number of rotatable bonds is 2. The van der Waals surface area contributed by atoms with E-state index >= 15 is 0 Å². The first-order valence-electron chi connectivity index (χ1n) is 3.40. The zero-order chi connectivity index (χ0) is 8.43. The molecule has 0 saturated carbocycles. The fraction of sp³-hybridized carbons (Fsp3) is 0.375. The van der Waals surface area contributed by atoms with Gasteiger partial charge in [0.2, 0.25) is 0 Å². The van der Waals surface area contributed by atoms with Crippen LogP contribution in [-0.4, -0.2) is 10.9 Å². The third kappa shape index (κ3) is 1.68. The number of carbonyl (C=O) groups excluding carboxylic acids is 1. The molecule has 1 rings (SSSR count). The van der Waals surface area contributed by atoms with Gasteiger partial charge in [0.15, 0.2) is 11.5 Å². The SMILES string of the molecule is CC(=O)c1ccc([C@H](C)O)o1. The third-order valence-corrected chi connectivity index (χ3v) is 1.39. The van der Waals surface area contributed by atoms with E-state index in [2.05, 4.69) is 0 Å². The van der Waals surface area contributed by atoms with Crippen LogP contribution in [0.5, 0.6) is 0 Å². The Balaban J connectivity index is 2.90. The van der Waals surface area contributed by atoms with Crippen LogP contribution in [0.1, 0.15) is 36.3 Å². The lowest BCUT2D eigenvalue weighted by atomic mass is 10.3. The van der Waals surface area contributed by atoms with Crippen LogP contribution in [0, 0.1) is 0 Å². The van der Waals surface area contributed by atoms with Crippen molar-refractivity contribution in [2.75, 3.05) is 0 Å². The van der Waals surface area contributed by atoms with Gasteiger partial charge in [0.1, 0.15) is 11.9 Å². The molecule has 1 N–H and O–H groups in total. The number of aliphatic hydroxyl groups is 1. The lowest BCUT2D eigenvalue weighted by molar-refractivity contribution is 0.0977. The quantitative estimate of drug-likeness (QED) is 0.657. The summed E-state index contributed by atoms with van der Waals surface area (Å²) >= 11 is 0. The van der Waals surface area contributed by atoms with Gasteiger partial charge in [-0.3, -0.25) is 4.79 Å². The van der Waals surface area contributed by atoms with Crippen molar-refractivity contribution in [3.8, 4) is 0 Å². The molecule has 0 amide bonds. The second-order valence-electron chi connectivity index (χ2n) is 2.43. The highest BCUT2D eigenvalue weighted by atomic mass is 16.4. The zero-order valence-electron chi connectivity index (χ0n) is 6.50. The fourth-order valence-electron chi connectivity index (χ4n) is 0.767. The summed E-state index contributed by atoms with van der Waals surface area (Å²) in [5, 5.41) is 9.01. The first-order valence-corrected chi connectivity index (χ1v) is 3.40. The molecule has 11 heavy (non-hydrogen) atoms. The summed E-state index contributed by atoms with van der Waals surface area (Å²) in [6, 6.07) is 3.16. The minimum Gasteiger partial charge on any atom is -0.455 e. The highest BCUT2D eigenvalue weighted by Gasteiger charge is 2.08. The molecular formula is C8H10O3. The van der Waals surface area contributed by atoms with E-state index in [0.717, 1.165) is 0 Å². The maximum atomic E-state index is 10.7. The van der Waals surface area contributed by atoms with Crippen LogP contribution >= 0.6 is 0 Å². The fourth-order valence-corrected chi connectivity index (χ4v) is 0.767. The van der Waals surface area contributed by atoms with E-state index in [1.807, 2.05) is 0 Å². The summed E-state index contributed by atoms with van der Waals surface area (Å²) < 4.78 is 5.01. The number of ketones is 1. The molecule has 1 atom stereocenters. The summed E-state index contributed by atoms with van der Waals surface area (Å²) in [5.74, 6) is 0.591. The van der Waals surface area contributed by atoms with Crippen LogP contribution in [0.4, 0.5) is 0 Å². The van der Waals surface area contributed by atoms with Crippen molar-refractivity contribution in [3.05, 3.63) is 23.7 Å². The lowest BCUT2D eigenvalue weighted by Gasteiger charge is -1.96. The van der Waals surface area contributed by atoms with Crippen LogP contribution < -0.4 is 0 Å². The van der Waals surface area contributed by atoms with E-state index in [4.69, 9.17) is 9.52 Å². The molecule has 0 spiro atoms. The Morgan fingerprint density at radius 2 is 2.27 bits per heavy atom. The molecule has 0 saturated heterocycles. The Hall–Kier alpha value is -1.09. The molecular weight excluding hydrogens is 144 g/mol. The number of furan rings is 1. The monoisotopic (exact) mass is 154 g/mol. The summed E-state index contributed by atoms with van der Waals surface area (Å²) in [5.41, 5.74) is 0. The highest BCUT2D eigenvalue weighted by Crippen LogP contribution is 2.15. The van der Waals surface area contributed by atoms with Gasteiger partial charge in [-0.2, -0.15) is 0 Å². The van der Waals surface area contributed by atoms with Crippen LogP contribution in [0.3, 0.4) is 0 Å². The molecule has 0 bridgehead atoms.